The van der Waals surface area contributed by atoms with Crippen molar-refractivity contribution >= 4 is 11.8 Å². The Balaban J connectivity index is 2.07. The zero-order valence-electron chi connectivity index (χ0n) is 13.7. The monoisotopic (exact) mass is 331 g/mol. The summed E-state index contributed by atoms with van der Waals surface area (Å²) >= 11 is 0. The highest BCUT2D eigenvalue weighted by molar-refractivity contribution is 5.86. The van der Waals surface area contributed by atoms with Crippen LogP contribution in [0.2, 0.25) is 0 Å². The van der Waals surface area contributed by atoms with Crippen LogP contribution < -0.4 is 5.32 Å². The van der Waals surface area contributed by atoms with Crippen molar-refractivity contribution in [1.29, 1.82) is 0 Å². The van der Waals surface area contributed by atoms with E-state index >= 15 is 0 Å². The highest BCUT2D eigenvalue weighted by Gasteiger charge is 2.14. The standard InChI is InChI=1S/C19H22FNO3/c1-2-3-9-16-10-15(12-22)11-17(20)18(16)21-19(23)24-13-14-7-5-4-6-8-14/h4-8,10-11,22H,2-3,9,12-13H2,1H3,(H,21,23). The summed E-state index contributed by atoms with van der Waals surface area (Å²) in [6, 6.07) is 12.2. The van der Waals surface area contributed by atoms with Crippen LogP contribution in [0.25, 0.3) is 0 Å². The van der Waals surface area contributed by atoms with Crippen LogP contribution in [0.3, 0.4) is 0 Å². The van der Waals surface area contributed by atoms with Crippen LogP contribution in [0, 0.1) is 5.82 Å². The second-order valence-electron chi connectivity index (χ2n) is 5.56. The number of halogens is 1. The summed E-state index contributed by atoms with van der Waals surface area (Å²) < 4.78 is 19.4. The largest absolute Gasteiger partial charge is 0.444 e. The molecule has 4 nitrogen and oxygen atoms in total. The Hall–Kier alpha value is -2.40. The molecule has 0 aromatic heterocycles. The van der Waals surface area contributed by atoms with Crippen molar-refractivity contribution in [1.82, 2.24) is 0 Å². The van der Waals surface area contributed by atoms with E-state index in [1.807, 2.05) is 37.3 Å². The second kappa shape index (κ2) is 9.03. The molecule has 1 amide bonds. The van der Waals surface area contributed by atoms with E-state index < -0.39 is 11.9 Å². The predicted octanol–water partition coefficient (Wildman–Crippen LogP) is 4.41. The highest BCUT2D eigenvalue weighted by atomic mass is 19.1. The topological polar surface area (TPSA) is 58.6 Å². The number of benzene rings is 2. The van der Waals surface area contributed by atoms with Crippen molar-refractivity contribution in [2.45, 2.75) is 39.4 Å². The highest BCUT2D eigenvalue weighted by Crippen LogP contribution is 2.24. The summed E-state index contributed by atoms with van der Waals surface area (Å²) in [7, 11) is 0. The number of anilines is 1. The summed E-state index contributed by atoms with van der Waals surface area (Å²) in [5.74, 6) is -0.565. The van der Waals surface area contributed by atoms with Crippen LogP contribution >= 0.6 is 0 Å². The quantitative estimate of drug-likeness (QED) is 0.790. The van der Waals surface area contributed by atoms with Crippen molar-refractivity contribution in [3.8, 4) is 0 Å². The van der Waals surface area contributed by atoms with Gasteiger partial charge in [-0.15, -0.1) is 0 Å². The van der Waals surface area contributed by atoms with Crippen molar-refractivity contribution in [3.63, 3.8) is 0 Å². The molecular formula is C19H22FNO3. The number of amides is 1. The molecule has 2 aromatic rings. The minimum absolute atomic E-state index is 0.118. The molecule has 0 heterocycles. The van der Waals surface area contributed by atoms with Gasteiger partial charge in [0.05, 0.1) is 12.3 Å². The van der Waals surface area contributed by atoms with Gasteiger partial charge in [0.15, 0.2) is 0 Å². The third kappa shape index (κ3) is 5.06. The Morgan fingerprint density at radius 1 is 1.21 bits per heavy atom. The SMILES string of the molecule is CCCCc1cc(CO)cc(F)c1NC(=O)OCc1ccccc1. The van der Waals surface area contributed by atoms with Gasteiger partial charge >= 0.3 is 6.09 Å². The van der Waals surface area contributed by atoms with Crippen LogP contribution in [-0.2, 0) is 24.4 Å². The Bertz CT molecular complexity index is 674. The maximum atomic E-state index is 14.3. The summed E-state index contributed by atoms with van der Waals surface area (Å²) in [5, 5.41) is 11.7. The predicted molar refractivity (Wildman–Crippen MR) is 91.2 cm³/mol. The van der Waals surface area contributed by atoms with E-state index in [9.17, 15) is 14.3 Å². The van der Waals surface area contributed by atoms with Gasteiger partial charge in [0.2, 0.25) is 0 Å². The maximum absolute atomic E-state index is 14.3. The second-order valence-corrected chi connectivity index (χ2v) is 5.56. The first-order valence-electron chi connectivity index (χ1n) is 8.04. The van der Waals surface area contributed by atoms with E-state index in [0.29, 0.717) is 17.5 Å². The Labute approximate surface area is 141 Å². The molecule has 0 saturated carbocycles. The first kappa shape index (κ1) is 17.9. The normalized spacial score (nSPS) is 10.5. The third-order valence-corrected chi connectivity index (χ3v) is 3.65. The number of hydrogen-bond acceptors (Lipinski definition) is 3. The molecule has 0 saturated heterocycles. The molecule has 128 valence electrons. The fourth-order valence-electron chi connectivity index (χ4n) is 2.38. The van der Waals surface area contributed by atoms with Crippen LogP contribution in [0.1, 0.15) is 36.5 Å². The zero-order chi connectivity index (χ0) is 17.4. The number of aliphatic hydroxyl groups is 1. The first-order valence-corrected chi connectivity index (χ1v) is 8.04. The number of nitrogens with one attached hydrogen (secondary N) is 1. The summed E-state index contributed by atoms with van der Waals surface area (Å²) in [5.41, 5.74) is 2.13. The molecular weight excluding hydrogens is 309 g/mol. The van der Waals surface area contributed by atoms with Gasteiger partial charge in [-0.05, 0) is 35.6 Å². The third-order valence-electron chi connectivity index (χ3n) is 3.65. The van der Waals surface area contributed by atoms with Crippen molar-refractivity contribution in [2.24, 2.45) is 0 Å². The summed E-state index contributed by atoms with van der Waals surface area (Å²) in [4.78, 5) is 12.0. The molecule has 0 atom stereocenters. The number of hydrogen-bond donors (Lipinski definition) is 2. The number of carbonyl (C=O) groups is 1. The fourth-order valence-corrected chi connectivity index (χ4v) is 2.38. The molecule has 0 aliphatic carbocycles. The van der Waals surface area contributed by atoms with Crippen LogP contribution in [0.15, 0.2) is 42.5 Å². The number of carbonyl (C=O) groups excluding carboxylic acids is 1. The number of rotatable bonds is 7. The smallest absolute Gasteiger partial charge is 0.412 e. The Kier molecular flexibility index (Phi) is 6.75. The average molecular weight is 331 g/mol. The van der Waals surface area contributed by atoms with E-state index in [-0.39, 0.29) is 18.9 Å². The number of aryl methyl sites for hydroxylation is 1. The van der Waals surface area contributed by atoms with E-state index in [4.69, 9.17) is 4.74 Å². The van der Waals surface area contributed by atoms with E-state index in [2.05, 4.69) is 5.32 Å². The molecule has 0 aliphatic rings. The fraction of sp³-hybridized carbons (Fsp3) is 0.316. The average Bonchev–Trinajstić information content (AvgIpc) is 2.61. The number of aliphatic hydroxyl groups excluding tert-OH is 1. The molecule has 0 unspecified atom stereocenters. The van der Waals surface area contributed by atoms with Crippen molar-refractivity contribution in [3.05, 3.63) is 65.0 Å². The summed E-state index contributed by atoms with van der Waals surface area (Å²) in [6.45, 7) is 1.91. The molecule has 0 aliphatic heterocycles. The van der Waals surface area contributed by atoms with E-state index in [0.717, 1.165) is 18.4 Å². The van der Waals surface area contributed by atoms with Crippen LogP contribution in [0.5, 0.6) is 0 Å². The lowest BCUT2D eigenvalue weighted by atomic mass is 10.0. The number of ether oxygens (including phenoxy) is 1. The van der Waals surface area contributed by atoms with Crippen molar-refractivity contribution < 1.29 is 19.0 Å². The van der Waals surface area contributed by atoms with E-state index in [1.54, 1.807) is 6.07 Å². The number of unbranched alkanes of at least 4 members (excludes halogenated alkanes) is 1. The van der Waals surface area contributed by atoms with Gasteiger partial charge in [0.25, 0.3) is 0 Å². The Morgan fingerprint density at radius 2 is 1.96 bits per heavy atom. The molecule has 0 bridgehead atoms. The van der Waals surface area contributed by atoms with Gasteiger partial charge < -0.3 is 9.84 Å². The first-order chi connectivity index (χ1) is 11.6. The Morgan fingerprint density at radius 3 is 2.62 bits per heavy atom. The van der Waals surface area contributed by atoms with E-state index in [1.165, 1.54) is 6.07 Å². The minimum Gasteiger partial charge on any atom is -0.444 e. The summed E-state index contributed by atoms with van der Waals surface area (Å²) in [6.07, 6.45) is 1.73. The molecule has 0 fully saturated rings. The zero-order valence-corrected chi connectivity index (χ0v) is 13.7. The minimum atomic E-state index is -0.702. The van der Waals surface area contributed by atoms with Gasteiger partial charge in [0.1, 0.15) is 12.4 Å². The van der Waals surface area contributed by atoms with Gasteiger partial charge in [0, 0.05) is 0 Å². The van der Waals surface area contributed by atoms with Crippen LogP contribution in [0.4, 0.5) is 14.9 Å². The maximum Gasteiger partial charge on any atom is 0.412 e. The van der Waals surface area contributed by atoms with Crippen LogP contribution in [-0.4, -0.2) is 11.2 Å². The van der Waals surface area contributed by atoms with Crippen molar-refractivity contribution in [2.75, 3.05) is 5.32 Å². The lowest BCUT2D eigenvalue weighted by Gasteiger charge is -2.14. The molecule has 0 spiro atoms. The van der Waals surface area contributed by atoms with Gasteiger partial charge in [-0.25, -0.2) is 9.18 Å². The lowest BCUT2D eigenvalue weighted by Crippen LogP contribution is -2.16. The molecule has 5 heteroatoms. The lowest BCUT2D eigenvalue weighted by molar-refractivity contribution is 0.155. The molecule has 0 radical (unpaired) electrons. The molecule has 2 N–H and O–H groups in total. The van der Waals surface area contributed by atoms with Gasteiger partial charge in [-0.1, -0.05) is 49.7 Å². The molecule has 24 heavy (non-hydrogen) atoms. The van der Waals surface area contributed by atoms with Gasteiger partial charge in [-0.3, -0.25) is 5.32 Å². The molecule has 2 aromatic carbocycles. The van der Waals surface area contributed by atoms with Gasteiger partial charge in [-0.2, -0.15) is 0 Å². The molecule has 2 rings (SSSR count).